The molecule has 20 heavy (non-hydrogen) atoms. The Bertz CT molecular complexity index is 392. The molecule has 1 saturated carbocycles. The topological polar surface area (TPSA) is 30.3 Å². The molecular formula is C16H27N3O. The molecule has 0 atom stereocenters. The molecule has 0 amide bonds. The second-order valence-corrected chi connectivity index (χ2v) is 6.18. The molecule has 0 spiro atoms. The smallest absolute Gasteiger partial charge is 0.232 e. The van der Waals surface area contributed by atoms with Gasteiger partial charge in [-0.3, -0.25) is 9.58 Å². The lowest BCUT2D eigenvalue weighted by Crippen LogP contribution is -2.33. The molecular weight excluding hydrogens is 250 g/mol. The Morgan fingerprint density at radius 3 is 2.60 bits per heavy atom. The van der Waals surface area contributed by atoms with Gasteiger partial charge in [0.15, 0.2) is 0 Å². The first-order valence-electron chi connectivity index (χ1n) is 8.32. The van der Waals surface area contributed by atoms with Gasteiger partial charge in [-0.2, -0.15) is 0 Å². The molecule has 2 aliphatic rings. The lowest BCUT2D eigenvalue weighted by Gasteiger charge is -2.25. The standard InChI is InChI=1S/C16H27N3O/c1-3-7-15(8-4-1)19-12-9-16(17-19)20-14-13-18-10-5-2-6-11-18/h9,12,15H,1-8,10-11,13-14H2. The fourth-order valence-corrected chi connectivity index (χ4v) is 3.41. The molecule has 1 saturated heterocycles. The fourth-order valence-electron chi connectivity index (χ4n) is 3.41. The first-order chi connectivity index (χ1) is 9.92. The van der Waals surface area contributed by atoms with Gasteiger partial charge in [0.05, 0.1) is 6.04 Å². The highest BCUT2D eigenvalue weighted by atomic mass is 16.5. The summed E-state index contributed by atoms with van der Waals surface area (Å²) >= 11 is 0. The summed E-state index contributed by atoms with van der Waals surface area (Å²) in [5, 5.41) is 4.59. The molecule has 3 rings (SSSR count). The summed E-state index contributed by atoms with van der Waals surface area (Å²) in [6, 6.07) is 2.62. The van der Waals surface area contributed by atoms with Gasteiger partial charge in [-0.1, -0.05) is 25.7 Å². The molecule has 1 aliphatic heterocycles. The predicted octanol–water partition coefficient (Wildman–Crippen LogP) is 3.25. The summed E-state index contributed by atoms with van der Waals surface area (Å²) in [5.41, 5.74) is 0. The largest absolute Gasteiger partial charge is 0.475 e. The monoisotopic (exact) mass is 277 g/mol. The van der Waals surface area contributed by atoms with Gasteiger partial charge in [0.25, 0.3) is 0 Å². The summed E-state index contributed by atoms with van der Waals surface area (Å²) in [6.07, 6.45) is 12.8. The Morgan fingerprint density at radius 2 is 1.80 bits per heavy atom. The minimum atomic E-state index is 0.600. The van der Waals surface area contributed by atoms with Crippen LogP contribution in [-0.4, -0.2) is 40.9 Å². The molecule has 0 N–H and O–H groups in total. The van der Waals surface area contributed by atoms with Gasteiger partial charge in [0.1, 0.15) is 6.61 Å². The maximum absolute atomic E-state index is 5.81. The molecule has 0 radical (unpaired) electrons. The minimum absolute atomic E-state index is 0.600. The number of ether oxygens (including phenoxy) is 1. The maximum Gasteiger partial charge on any atom is 0.232 e. The van der Waals surface area contributed by atoms with E-state index >= 15 is 0 Å². The number of aromatic nitrogens is 2. The first kappa shape index (κ1) is 13.9. The zero-order chi connectivity index (χ0) is 13.6. The van der Waals surface area contributed by atoms with E-state index in [1.807, 2.05) is 6.07 Å². The molecule has 4 heteroatoms. The van der Waals surface area contributed by atoms with E-state index in [0.29, 0.717) is 6.04 Å². The van der Waals surface area contributed by atoms with Gasteiger partial charge in [-0.05, 0) is 38.8 Å². The van der Waals surface area contributed by atoms with Crippen LogP contribution in [0.4, 0.5) is 0 Å². The summed E-state index contributed by atoms with van der Waals surface area (Å²) in [5.74, 6) is 0.799. The van der Waals surface area contributed by atoms with E-state index in [1.165, 1.54) is 64.5 Å². The van der Waals surface area contributed by atoms with E-state index in [0.717, 1.165) is 19.0 Å². The number of rotatable bonds is 5. The van der Waals surface area contributed by atoms with Crippen LogP contribution >= 0.6 is 0 Å². The molecule has 112 valence electrons. The molecule has 0 bridgehead atoms. The van der Waals surface area contributed by atoms with Crippen LogP contribution in [0.25, 0.3) is 0 Å². The Labute approximate surface area is 122 Å². The molecule has 0 unspecified atom stereocenters. The van der Waals surface area contributed by atoms with Crippen LogP contribution in [0.15, 0.2) is 12.3 Å². The number of nitrogens with zero attached hydrogens (tertiary/aromatic N) is 3. The SMILES string of the molecule is c1cn(C2CCCCC2)nc1OCCN1CCCCC1. The van der Waals surface area contributed by atoms with Gasteiger partial charge in [0.2, 0.25) is 5.88 Å². The average Bonchev–Trinajstić information content (AvgIpc) is 2.98. The molecule has 1 aliphatic carbocycles. The molecule has 2 heterocycles. The Morgan fingerprint density at radius 1 is 1.05 bits per heavy atom. The normalized spacial score (nSPS) is 22.0. The average molecular weight is 277 g/mol. The Balaban J connectivity index is 1.42. The van der Waals surface area contributed by atoms with Crippen molar-refractivity contribution in [2.45, 2.75) is 57.4 Å². The van der Waals surface area contributed by atoms with Crippen molar-refractivity contribution in [3.63, 3.8) is 0 Å². The van der Waals surface area contributed by atoms with Gasteiger partial charge < -0.3 is 4.74 Å². The molecule has 0 aromatic carbocycles. The van der Waals surface area contributed by atoms with Gasteiger partial charge in [-0.15, -0.1) is 5.10 Å². The van der Waals surface area contributed by atoms with E-state index in [2.05, 4.69) is 20.9 Å². The van der Waals surface area contributed by atoms with Gasteiger partial charge in [-0.25, -0.2) is 0 Å². The van der Waals surface area contributed by atoms with Crippen LogP contribution in [0.3, 0.4) is 0 Å². The number of likely N-dealkylation sites (tertiary alicyclic amines) is 1. The summed E-state index contributed by atoms with van der Waals surface area (Å²) in [6.45, 7) is 4.28. The van der Waals surface area contributed by atoms with E-state index in [1.54, 1.807) is 0 Å². The van der Waals surface area contributed by atoms with Gasteiger partial charge in [0, 0.05) is 18.8 Å². The number of piperidine rings is 1. The van der Waals surface area contributed by atoms with E-state index in [9.17, 15) is 0 Å². The lowest BCUT2D eigenvalue weighted by molar-refractivity contribution is 0.179. The zero-order valence-electron chi connectivity index (χ0n) is 12.5. The maximum atomic E-state index is 5.81. The van der Waals surface area contributed by atoms with Gasteiger partial charge >= 0.3 is 0 Å². The third-order valence-electron chi connectivity index (χ3n) is 4.64. The molecule has 1 aromatic heterocycles. The third-order valence-corrected chi connectivity index (χ3v) is 4.64. The zero-order valence-corrected chi connectivity index (χ0v) is 12.5. The van der Waals surface area contributed by atoms with Crippen molar-refractivity contribution in [3.05, 3.63) is 12.3 Å². The van der Waals surface area contributed by atoms with Crippen LogP contribution in [0.5, 0.6) is 5.88 Å². The van der Waals surface area contributed by atoms with Crippen molar-refractivity contribution < 1.29 is 4.74 Å². The summed E-state index contributed by atoms with van der Waals surface area (Å²) in [4.78, 5) is 2.50. The minimum Gasteiger partial charge on any atom is -0.475 e. The summed E-state index contributed by atoms with van der Waals surface area (Å²) in [7, 11) is 0. The molecule has 1 aromatic rings. The Kier molecular flexibility index (Phi) is 4.96. The van der Waals surface area contributed by atoms with E-state index in [4.69, 9.17) is 4.74 Å². The van der Waals surface area contributed by atoms with Crippen LogP contribution in [-0.2, 0) is 0 Å². The number of hydrogen-bond donors (Lipinski definition) is 0. The van der Waals surface area contributed by atoms with Crippen LogP contribution in [0, 0.1) is 0 Å². The van der Waals surface area contributed by atoms with Crippen LogP contribution < -0.4 is 4.74 Å². The van der Waals surface area contributed by atoms with Crippen molar-refractivity contribution in [3.8, 4) is 5.88 Å². The fraction of sp³-hybridized carbons (Fsp3) is 0.812. The first-order valence-corrected chi connectivity index (χ1v) is 8.32. The molecule has 4 nitrogen and oxygen atoms in total. The highest BCUT2D eigenvalue weighted by Crippen LogP contribution is 2.28. The van der Waals surface area contributed by atoms with Crippen LogP contribution in [0.1, 0.15) is 57.4 Å². The lowest BCUT2D eigenvalue weighted by atomic mass is 9.96. The summed E-state index contributed by atoms with van der Waals surface area (Å²) < 4.78 is 7.93. The van der Waals surface area contributed by atoms with Crippen molar-refractivity contribution in [2.75, 3.05) is 26.2 Å². The highest BCUT2D eigenvalue weighted by Gasteiger charge is 2.16. The Hall–Kier alpha value is -1.03. The quantitative estimate of drug-likeness (QED) is 0.827. The van der Waals surface area contributed by atoms with Crippen LogP contribution in [0.2, 0.25) is 0 Å². The van der Waals surface area contributed by atoms with E-state index < -0.39 is 0 Å². The second-order valence-electron chi connectivity index (χ2n) is 6.18. The van der Waals surface area contributed by atoms with Crippen molar-refractivity contribution in [1.82, 2.24) is 14.7 Å². The number of hydrogen-bond acceptors (Lipinski definition) is 3. The van der Waals surface area contributed by atoms with Crippen molar-refractivity contribution in [1.29, 1.82) is 0 Å². The highest BCUT2D eigenvalue weighted by molar-refractivity contribution is 5.06. The van der Waals surface area contributed by atoms with E-state index in [-0.39, 0.29) is 0 Å². The second kappa shape index (κ2) is 7.11. The predicted molar refractivity (Wildman–Crippen MR) is 80.1 cm³/mol. The van der Waals surface area contributed by atoms with Crippen molar-refractivity contribution in [2.24, 2.45) is 0 Å². The molecule has 2 fully saturated rings. The van der Waals surface area contributed by atoms with Crippen molar-refractivity contribution >= 4 is 0 Å². The third kappa shape index (κ3) is 3.75.